The topological polar surface area (TPSA) is 62.1 Å². The summed E-state index contributed by atoms with van der Waals surface area (Å²) in [6.07, 6.45) is -1.08. The molecule has 0 bridgehead atoms. The quantitative estimate of drug-likeness (QED) is 0.464. The Bertz CT molecular complexity index is 149. The van der Waals surface area contributed by atoms with E-state index in [1.165, 1.54) is 0 Å². The summed E-state index contributed by atoms with van der Waals surface area (Å²) in [5, 5.41) is 10.5. The molecule has 0 aromatic carbocycles. The summed E-state index contributed by atoms with van der Waals surface area (Å²) in [4.78, 5) is 10.1. The number of ether oxygens (including phenoxy) is 1. The number of carbonyl (C=O) groups excluding carboxylic acids is 1. The number of hydrogen-bond donors (Lipinski definition) is 1. The Hall–Kier alpha value is -1.24. The molecule has 8 heavy (non-hydrogen) atoms. The molecule has 4 heteroatoms. The predicted octanol–water partition coefficient (Wildman–Crippen LogP) is -0.382. The summed E-state index contributed by atoms with van der Waals surface area (Å²) in [6, 6.07) is 1.79. The molecule has 1 fully saturated rings. The van der Waals surface area contributed by atoms with Crippen LogP contribution in [0.3, 0.4) is 0 Å². The van der Waals surface area contributed by atoms with Gasteiger partial charge < -0.3 is 10.1 Å². The first kappa shape index (κ1) is 4.91. The number of rotatable bonds is 0. The van der Waals surface area contributed by atoms with Crippen LogP contribution in [-0.2, 0) is 4.74 Å². The molecule has 1 heterocycles. The Balaban J connectivity index is 2.47. The standard InChI is InChI=1S/C4H4N2O2/c5-1-3-2-6-4(7)8-3/h3H,2H2,(H,6,7). The van der Waals surface area contributed by atoms with E-state index in [4.69, 9.17) is 5.26 Å². The van der Waals surface area contributed by atoms with E-state index in [9.17, 15) is 4.79 Å². The molecular formula is C4H4N2O2. The number of hydrogen-bond acceptors (Lipinski definition) is 3. The van der Waals surface area contributed by atoms with E-state index in [2.05, 4.69) is 10.1 Å². The zero-order valence-electron chi connectivity index (χ0n) is 4.05. The number of nitrogens with one attached hydrogen (secondary N) is 1. The van der Waals surface area contributed by atoms with Gasteiger partial charge in [-0.25, -0.2) is 4.79 Å². The highest BCUT2D eigenvalue weighted by Gasteiger charge is 2.20. The maximum Gasteiger partial charge on any atom is 0.408 e. The summed E-state index contributed by atoms with van der Waals surface area (Å²) in [6.45, 7) is 0.315. The van der Waals surface area contributed by atoms with Crippen molar-refractivity contribution in [3.05, 3.63) is 0 Å². The van der Waals surface area contributed by atoms with E-state index in [1.54, 1.807) is 6.07 Å². The molecule has 1 aliphatic heterocycles. The van der Waals surface area contributed by atoms with Crippen LogP contribution in [0.25, 0.3) is 0 Å². The van der Waals surface area contributed by atoms with Crippen molar-refractivity contribution < 1.29 is 9.53 Å². The first-order valence-electron chi connectivity index (χ1n) is 2.17. The van der Waals surface area contributed by atoms with Gasteiger partial charge in [0.2, 0.25) is 6.10 Å². The maximum absolute atomic E-state index is 10.1. The zero-order chi connectivity index (χ0) is 5.98. The van der Waals surface area contributed by atoms with Gasteiger partial charge in [0.05, 0.1) is 6.54 Å². The van der Waals surface area contributed by atoms with E-state index >= 15 is 0 Å². The molecule has 1 rings (SSSR count). The average Bonchev–Trinajstić information content (AvgIpc) is 2.14. The van der Waals surface area contributed by atoms with Crippen LogP contribution in [0.15, 0.2) is 0 Å². The van der Waals surface area contributed by atoms with Gasteiger partial charge in [0.1, 0.15) is 6.07 Å². The van der Waals surface area contributed by atoms with Gasteiger partial charge in [-0.2, -0.15) is 5.26 Å². The number of cyclic esters (lactones) is 1. The van der Waals surface area contributed by atoms with Crippen molar-refractivity contribution in [2.75, 3.05) is 6.54 Å². The first-order valence-corrected chi connectivity index (χ1v) is 2.17. The number of alkyl carbamates (subject to hydrolysis) is 1. The molecule has 4 nitrogen and oxygen atoms in total. The second-order valence-electron chi connectivity index (χ2n) is 1.40. The van der Waals surface area contributed by atoms with Crippen LogP contribution < -0.4 is 5.32 Å². The minimum absolute atomic E-state index is 0.315. The van der Waals surface area contributed by atoms with Crippen molar-refractivity contribution in [1.82, 2.24) is 5.32 Å². The van der Waals surface area contributed by atoms with Crippen molar-refractivity contribution >= 4 is 6.09 Å². The smallest absolute Gasteiger partial charge is 0.408 e. The van der Waals surface area contributed by atoms with Gasteiger partial charge in [-0.15, -0.1) is 0 Å². The molecule has 1 saturated heterocycles. The Labute approximate surface area is 46.0 Å². The van der Waals surface area contributed by atoms with Crippen LogP contribution in [0.1, 0.15) is 0 Å². The molecule has 0 radical (unpaired) electrons. The van der Waals surface area contributed by atoms with E-state index in [0.717, 1.165) is 0 Å². The monoisotopic (exact) mass is 112 g/mol. The second-order valence-corrected chi connectivity index (χ2v) is 1.40. The van der Waals surface area contributed by atoms with Crippen LogP contribution in [0.4, 0.5) is 4.79 Å². The molecule has 42 valence electrons. The van der Waals surface area contributed by atoms with Gasteiger partial charge in [-0.1, -0.05) is 0 Å². The van der Waals surface area contributed by atoms with Gasteiger partial charge >= 0.3 is 6.09 Å². The highest BCUT2D eigenvalue weighted by atomic mass is 16.6. The molecule has 0 aromatic rings. The highest BCUT2D eigenvalue weighted by Crippen LogP contribution is 1.95. The Kier molecular flexibility index (Phi) is 1.04. The fourth-order valence-corrected chi connectivity index (χ4v) is 0.461. The minimum Gasteiger partial charge on any atom is -0.429 e. The van der Waals surface area contributed by atoms with Crippen molar-refractivity contribution in [3.63, 3.8) is 0 Å². The van der Waals surface area contributed by atoms with Crippen molar-refractivity contribution in [2.45, 2.75) is 6.10 Å². The molecule has 0 spiro atoms. The molecular weight excluding hydrogens is 108 g/mol. The number of amides is 1. The van der Waals surface area contributed by atoms with Crippen molar-refractivity contribution in [3.8, 4) is 6.07 Å². The van der Waals surface area contributed by atoms with Crippen molar-refractivity contribution in [1.29, 1.82) is 5.26 Å². The van der Waals surface area contributed by atoms with Gasteiger partial charge in [-0.3, -0.25) is 0 Å². The molecule has 1 unspecified atom stereocenters. The SMILES string of the molecule is N#CC1CNC(=O)O1. The predicted molar refractivity (Wildman–Crippen MR) is 23.9 cm³/mol. The fourth-order valence-electron chi connectivity index (χ4n) is 0.461. The minimum atomic E-state index is -0.581. The van der Waals surface area contributed by atoms with E-state index in [1.807, 2.05) is 0 Å². The van der Waals surface area contributed by atoms with Gasteiger partial charge in [-0.05, 0) is 0 Å². The lowest BCUT2D eigenvalue weighted by Gasteiger charge is -1.89. The van der Waals surface area contributed by atoms with Crippen molar-refractivity contribution in [2.24, 2.45) is 0 Å². The lowest BCUT2D eigenvalue weighted by atomic mass is 10.4. The van der Waals surface area contributed by atoms with Gasteiger partial charge in [0.15, 0.2) is 0 Å². The summed E-state index contributed by atoms with van der Waals surface area (Å²) >= 11 is 0. The number of nitrogens with zero attached hydrogens (tertiary/aromatic N) is 1. The third-order valence-corrected chi connectivity index (χ3v) is 0.825. The number of carbonyl (C=O) groups is 1. The zero-order valence-corrected chi connectivity index (χ0v) is 4.05. The molecule has 1 amide bonds. The van der Waals surface area contributed by atoms with Crippen LogP contribution in [0.5, 0.6) is 0 Å². The van der Waals surface area contributed by atoms with Crippen LogP contribution in [-0.4, -0.2) is 18.7 Å². The number of nitriles is 1. The largest absolute Gasteiger partial charge is 0.429 e. The molecule has 1 atom stereocenters. The normalized spacial score (nSPS) is 25.9. The molecule has 0 saturated carbocycles. The van der Waals surface area contributed by atoms with E-state index < -0.39 is 12.2 Å². The van der Waals surface area contributed by atoms with Gasteiger partial charge in [0, 0.05) is 0 Å². The third kappa shape index (κ3) is 0.706. The summed E-state index contributed by atoms with van der Waals surface area (Å²) < 4.78 is 4.40. The Morgan fingerprint density at radius 2 is 2.75 bits per heavy atom. The van der Waals surface area contributed by atoms with E-state index in [-0.39, 0.29) is 0 Å². The molecule has 0 aromatic heterocycles. The summed E-state index contributed by atoms with van der Waals surface area (Å²) in [5.41, 5.74) is 0. The third-order valence-electron chi connectivity index (χ3n) is 0.825. The van der Waals surface area contributed by atoms with Gasteiger partial charge in [0.25, 0.3) is 0 Å². The second kappa shape index (κ2) is 1.70. The fraction of sp³-hybridized carbons (Fsp3) is 0.500. The Morgan fingerprint density at radius 1 is 2.00 bits per heavy atom. The summed E-state index contributed by atoms with van der Waals surface area (Å²) in [5.74, 6) is 0. The molecule has 1 N–H and O–H groups in total. The van der Waals surface area contributed by atoms with E-state index in [0.29, 0.717) is 6.54 Å². The van der Waals surface area contributed by atoms with Crippen LogP contribution in [0, 0.1) is 11.3 Å². The lowest BCUT2D eigenvalue weighted by Crippen LogP contribution is -2.13. The Morgan fingerprint density at radius 3 is 3.00 bits per heavy atom. The maximum atomic E-state index is 10.1. The van der Waals surface area contributed by atoms with Crippen LogP contribution >= 0.6 is 0 Å². The summed E-state index contributed by atoms with van der Waals surface area (Å²) in [7, 11) is 0. The molecule has 0 aliphatic carbocycles. The van der Waals surface area contributed by atoms with Crippen LogP contribution in [0.2, 0.25) is 0 Å². The average molecular weight is 112 g/mol. The first-order chi connectivity index (χ1) is 3.83. The lowest BCUT2D eigenvalue weighted by molar-refractivity contribution is 0.160. The molecule has 1 aliphatic rings. The highest BCUT2D eigenvalue weighted by molar-refractivity contribution is 5.69.